The normalized spacial score (nSPS) is 12.1. The number of aromatic hydroxyl groups is 1. The average molecular weight is 350 g/mol. The summed E-state index contributed by atoms with van der Waals surface area (Å²) in [7, 11) is 0. The summed E-state index contributed by atoms with van der Waals surface area (Å²) in [6, 6.07) is 8.00. The molecule has 10 heteroatoms. The van der Waals surface area contributed by atoms with E-state index in [9.17, 15) is 28.4 Å². The van der Waals surface area contributed by atoms with Crippen LogP contribution < -0.4 is 0 Å². The van der Waals surface area contributed by atoms with E-state index < -0.39 is 22.5 Å². The minimum Gasteiger partial charge on any atom is -0.493 e. The van der Waals surface area contributed by atoms with Crippen molar-refractivity contribution in [3.05, 3.63) is 58.1 Å². The van der Waals surface area contributed by atoms with Gasteiger partial charge in [-0.3, -0.25) is 10.1 Å². The van der Waals surface area contributed by atoms with Gasteiger partial charge in [0.15, 0.2) is 5.69 Å². The topological polar surface area (TPSA) is 104 Å². The Morgan fingerprint density at radius 2 is 1.88 bits per heavy atom. The van der Waals surface area contributed by atoms with Gasteiger partial charge in [-0.25, -0.2) is 0 Å². The number of H-pyrrole nitrogens is 1. The van der Waals surface area contributed by atoms with Crippen molar-refractivity contribution < 1.29 is 23.2 Å². The van der Waals surface area contributed by atoms with Crippen LogP contribution >= 0.6 is 0 Å². The monoisotopic (exact) mass is 350 g/mol. The molecule has 2 aromatic carbocycles. The fourth-order valence-electron chi connectivity index (χ4n) is 2.22. The third kappa shape index (κ3) is 3.27. The Balaban J connectivity index is 2.03. The number of alkyl halides is 3. The van der Waals surface area contributed by atoms with Gasteiger partial charge in [0.25, 0.3) is 5.69 Å². The molecule has 0 saturated heterocycles. The number of hydrogen-bond acceptors (Lipinski definition) is 5. The van der Waals surface area contributed by atoms with E-state index in [0.29, 0.717) is 5.52 Å². The highest BCUT2D eigenvalue weighted by molar-refractivity contribution is 5.95. The Labute approximate surface area is 137 Å². The van der Waals surface area contributed by atoms with Gasteiger partial charge in [0.1, 0.15) is 0 Å². The first kappa shape index (κ1) is 16.4. The molecule has 0 aliphatic rings. The standard InChI is InChI=1S/C15H9F3N4O3/c16-15(17,18)8-2-1-3-9(6-8)20-21-13-11-7-10(22(24)25)4-5-12(11)19-14(13)23/h1-7,19,23H. The molecule has 0 aliphatic carbocycles. The van der Waals surface area contributed by atoms with Gasteiger partial charge in [0, 0.05) is 17.5 Å². The smallest absolute Gasteiger partial charge is 0.416 e. The molecular formula is C15H9F3N4O3. The molecule has 0 bridgehead atoms. The van der Waals surface area contributed by atoms with Crippen molar-refractivity contribution in [2.24, 2.45) is 10.2 Å². The van der Waals surface area contributed by atoms with Crippen molar-refractivity contribution in [2.75, 3.05) is 0 Å². The number of nitro groups is 1. The van der Waals surface area contributed by atoms with Gasteiger partial charge in [-0.15, -0.1) is 5.11 Å². The lowest BCUT2D eigenvalue weighted by Crippen LogP contribution is -2.03. The number of azo groups is 1. The largest absolute Gasteiger partial charge is 0.493 e. The first-order valence-electron chi connectivity index (χ1n) is 6.84. The van der Waals surface area contributed by atoms with E-state index in [4.69, 9.17) is 0 Å². The zero-order valence-corrected chi connectivity index (χ0v) is 12.3. The molecule has 0 aliphatic heterocycles. The highest BCUT2D eigenvalue weighted by Gasteiger charge is 2.30. The van der Waals surface area contributed by atoms with Crippen LogP contribution in [0, 0.1) is 10.1 Å². The fraction of sp³-hybridized carbons (Fsp3) is 0.0667. The van der Waals surface area contributed by atoms with Crippen LogP contribution in [0.15, 0.2) is 52.7 Å². The molecule has 0 spiro atoms. The van der Waals surface area contributed by atoms with Crippen molar-refractivity contribution in [1.82, 2.24) is 4.98 Å². The Morgan fingerprint density at radius 1 is 1.12 bits per heavy atom. The zero-order chi connectivity index (χ0) is 18.2. The molecule has 128 valence electrons. The summed E-state index contributed by atoms with van der Waals surface area (Å²) in [5, 5.41) is 28.4. The first-order chi connectivity index (χ1) is 11.8. The highest BCUT2D eigenvalue weighted by atomic mass is 19.4. The quantitative estimate of drug-likeness (QED) is 0.384. The number of halogens is 3. The predicted octanol–water partition coefficient (Wildman–Crippen LogP) is 5.22. The molecule has 7 nitrogen and oxygen atoms in total. The summed E-state index contributed by atoms with van der Waals surface area (Å²) in [6.45, 7) is 0. The van der Waals surface area contributed by atoms with Crippen LogP contribution in [-0.2, 0) is 6.18 Å². The molecule has 0 unspecified atom stereocenters. The van der Waals surface area contributed by atoms with Crippen molar-refractivity contribution >= 4 is 28.0 Å². The Hall–Kier alpha value is -3.43. The number of hydrogen-bond donors (Lipinski definition) is 2. The summed E-state index contributed by atoms with van der Waals surface area (Å²) in [5.74, 6) is -0.397. The molecule has 1 aromatic heterocycles. The molecule has 0 atom stereocenters. The molecule has 0 fully saturated rings. The summed E-state index contributed by atoms with van der Waals surface area (Å²) in [4.78, 5) is 12.8. The second-order valence-corrected chi connectivity index (χ2v) is 5.06. The maximum atomic E-state index is 12.7. The number of nitrogens with zero attached hydrogens (tertiary/aromatic N) is 3. The van der Waals surface area contributed by atoms with Gasteiger partial charge < -0.3 is 10.1 Å². The Bertz CT molecular complexity index is 995. The SMILES string of the molecule is O=[N+]([O-])c1ccc2[nH]c(O)c(N=Nc3cccc(C(F)(F)F)c3)c2c1. The van der Waals surface area contributed by atoms with Crippen molar-refractivity contribution in [1.29, 1.82) is 0 Å². The number of benzene rings is 2. The van der Waals surface area contributed by atoms with Crippen LogP contribution in [0.3, 0.4) is 0 Å². The van der Waals surface area contributed by atoms with Crippen LogP contribution in [0.5, 0.6) is 5.88 Å². The molecule has 0 saturated carbocycles. The van der Waals surface area contributed by atoms with Gasteiger partial charge in [-0.2, -0.15) is 18.3 Å². The molecule has 2 N–H and O–H groups in total. The lowest BCUT2D eigenvalue weighted by atomic mass is 10.2. The third-order valence-corrected chi connectivity index (χ3v) is 3.39. The molecule has 25 heavy (non-hydrogen) atoms. The number of aromatic nitrogens is 1. The number of non-ortho nitro benzene ring substituents is 1. The first-order valence-corrected chi connectivity index (χ1v) is 6.84. The molecule has 3 rings (SSSR count). The second-order valence-electron chi connectivity index (χ2n) is 5.06. The fourth-order valence-corrected chi connectivity index (χ4v) is 2.22. The predicted molar refractivity (Wildman–Crippen MR) is 82.2 cm³/mol. The lowest BCUT2D eigenvalue weighted by molar-refractivity contribution is -0.384. The minimum atomic E-state index is -4.52. The second kappa shape index (κ2) is 5.89. The maximum absolute atomic E-state index is 12.7. The van der Waals surface area contributed by atoms with Crippen LogP contribution in [-0.4, -0.2) is 15.0 Å². The lowest BCUT2D eigenvalue weighted by Gasteiger charge is -2.05. The average Bonchev–Trinajstić information content (AvgIpc) is 2.86. The Kier molecular flexibility index (Phi) is 3.87. The van der Waals surface area contributed by atoms with E-state index in [2.05, 4.69) is 15.2 Å². The highest BCUT2D eigenvalue weighted by Crippen LogP contribution is 2.38. The zero-order valence-electron chi connectivity index (χ0n) is 12.3. The number of nitro benzene ring substituents is 1. The van der Waals surface area contributed by atoms with E-state index in [1.807, 2.05) is 0 Å². The number of rotatable bonds is 3. The van der Waals surface area contributed by atoms with Gasteiger partial charge in [0.05, 0.1) is 21.7 Å². The van der Waals surface area contributed by atoms with Gasteiger partial charge in [-0.1, -0.05) is 6.07 Å². The molecule has 3 aromatic rings. The van der Waals surface area contributed by atoms with Crippen LogP contribution in [0.25, 0.3) is 10.9 Å². The molecular weight excluding hydrogens is 341 g/mol. The number of aromatic amines is 1. The number of fused-ring (bicyclic) bond motifs is 1. The van der Waals surface area contributed by atoms with Crippen LogP contribution in [0.1, 0.15) is 5.56 Å². The molecule has 1 heterocycles. The van der Waals surface area contributed by atoms with Crippen molar-refractivity contribution in [3.8, 4) is 5.88 Å². The van der Waals surface area contributed by atoms with E-state index in [1.54, 1.807) is 0 Å². The Morgan fingerprint density at radius 3 is 2.56 bits per heavy atom. The van der Waals surface area contributed by atoms with Gasteiger partial charge >= 0.3 is 6.18 Å². The van der Waals surface area contributed by atoms with E-state index in [1.165, 1.54) is 30.3 Å². The summed E-state index contributed by atoms with van der Waals surface area (Å²) >= 11 is 0. The summed E-state index contributed by atoms with van der Waals surface area (Å²) in [6.07, 6.45) is -4.52. The van der Waals surface area contributed by atoms with Crippen molar-refractivity contribution in [2.45, 2.75) is 6.18 Å². The van der Waals surface area contributed by atoms with E-state index in [-0.39, 0.29) is 22.4 Å². The maximum Gasteiger partial charge on any atom is 0.416 e. The summed E-state index contributed by atoms with van der Waals surface area (Å²) < 4.78 is 38.1. The summed E-state index contributed by atoms with van der Waals surface area (Å²) in [5.41, 5.74) is -0.907. The molecule has 0 radical (unpaired) electrons. The van der Waals surface area contributed by atoms with E-state index in [0.717, 1.165) is 12.1 Å². The third-order valence-electron chi connectivity index (χ3n) is 3.39. The minimum absolute atomic E-state index is 0.0750. The van der Waals surface area contributed by atoms with Crippen molar-refractivity contribution in [3.63, 3.8) is 0 Å². The molecule has 0 amide bonds. The van der Waals surface area contributed by atoms with Crippen LogP contribution in [0.2, 0.25) is 0 Å². The number of nitrogens with one attached hydrogen (secondary N) is 1. The van der Waals surface area contributed by atoms with Gasteiger partial charge in [-0.05, 0) is 24.3 Å². The van der Waals surface area contributed by atoms with Gasteiger partial charge in [0.2, 0.25) is 5.88 Å². The van der Waals surface area contributed by atoms with E-state index >= 15 is 0 Å². The van der Waals surface area contributed by atoms with Crippen LogP contribution in [0.4, 0.5) is 30.2 Å².